The van der Waals surface area contributed by atoms with E-state index in [1.807, 2.05) is 28.8 Å². The van der Waals surface area contributed by atoms with E-state index in [-0.39, 0.29) is 4.83 Å². The minimum atomic E-state index is 0.231. The molecule has 4 nitrogen and oxygen atoms in total. The molecule has 0 fully saturated rings. The summed E-state index contributed by atoms with van der Waals surface area (Å²) in [5.41, 5.74) is 3.00. The fourth-order valence-electron chi connectivity index (χ4n) is 1.90. The fraction of sp³-hybridized carbons (Fsp3) is 0.154. The minimum Gasteiger partial charge on any atom is -0.286 e. The maximum Gasteiger partial charge on any atom is 0.182 e. The average molecular weight is 303 g/mol. The quantitative estimate of drug-likeness (QED) is 0.699. The van der Waals surface area contributed by atoms with Crippen LogP contribution in [0.1, 0.15) is 16.1 Å². The number of fused-ring (bicyclic) bond motifs is 1. The summed E-state index contributed by atoms with van der Waals surface area (Å²) >= 11 is 3.70. The lowest BCUT2D eigenvalue weighted by Crippen LogP contribution is -2.01. The van der Waals surface area contributed by atoms with Crippen molar-refractivity contribution in [1.29, 1.82) is 0 Å². The predicted octanol–water partition coefficient (Wildman–Crippen LogP) is 2.80. The third-order valence-electron chi connectivity index (χ3n) is 2.82. The lowest BCUT2D eigenvalue weighted by Gasteiger charge is -2.09. The molecule has 0 bridgehead atoms. The Morgan fingerprint density at radius 1 is 1.22 bits per heavy atom. The zero-order chi connectivity index (χ0) is 12.4. The number of rotatable bonds is 3. The van der Waals surface area contributed by atoms with E-state index < -0.39 is 0 Å². The summed E-state index contributed by atoms with van der Waals surface area (Å²) in [6.45, 7) is 0. The van der Waals surface area contributed by atoms with Crippen molar-refractivity contribution in [3.05, 3.63) is 60.3 Å². The van der Waals surface area contributed by atoms with Gasteiger partial charge < -0.3 is 0 Å². The van der Waals surface area contributed by atoms with Gasteiger partial charge >= 0.3 is 0 Å². The summed E-state index contributed by atoms with van der Waals surface area (Å²) in [6, 6.07) is 10.3. The molecule has 1 aromatic carbocycles. The van der Waals surface area contributed by atoms with E-state index in [1.54, 1.807) is 12.5 Å². The third-order valence-corrected chi connectivity index (χ3v) is 3.68. The van der Waals surface area contributed by atoms with Crippen molar-refractivity contribution in [1.82, 2.24) is 19.6 Å². The Morgan fingerprint density at radius 3 is 2.89 bits per heavy atom. The maximum absolute atomic E-state index is 4.39. The highest BCUT2D eigenvalue weighted by Crippen LogP contribution is 2.26. The van der Waals surface area contributed by atoms with Crippen LogP contribution in [0.5, 0.6) is 0 Å². The molecule has 0 spiro atoms. The van der Waals surface area contributed by atoms with Gasteiger partial charge in [-0.15, -0.1) is 10.2 Å². The van der Waals surface area contributed by atoms with Crippen LogP contribution in [0.25, 0.3) is 5.65 Å². The first kappa shape index (κ1) is 11.3. The van der Waals surface area contributed by atoms with E-state index in [0.717, 1.165) is 17.8 Å². The molecule has 5 heteroatoms. The molecule has 0 aliphatic rings. The van der Waals surface area contributed by atoms with Crippen molar-refractivity contribution >= 4 is 21.6 Å². The highest BCUT2D eigenvalue weighted by Gasteiger charge is 2.12. The van der Waals surface area contributed by atoms with Crippen LogP contribution < -0.4 is 0 Å². The molecule has 1 unspecified atom stereocenters. The topological polar surface area (TPSA) is 43.1 Å². The van der Waals surface area contributed by atoms with Crippen LogP contribution in [-0.2, 0) is 6.42 Å². The molecular weight excluding hydrogens is 292 g/mol. The number of hydrogen-bond donors (Lipinski definition) is 0. The van der Waals surface area contributed by atoms with E-state index in [9.17, 15) is 0 Å². The van der Waals surface area contributed by atoms with E-state index >= 15 is 0 Å². The van der Waals surface area contributed by atoms with E-state index in [1.165, 1.54) is 5.56 Å². The van der Waals surface area contributed by atoms with Crippen LogP contribution in [-0.4, -0.2) is 19.6 Å². The number of benzene rings is 1. The molecule has 0 aliphatic carbocycles. The molecule has 90 valence electrons. The van der Waals surface area contributed by atoms with Crippen molar-refractivity contribution in [2.24, 2.45) is 0 Å². The number of nitrogens with zero attached hydrogens (tertiary/aromatic N) is 4. The largest absolute Gasteiger partial charge is 0.286 e. The first-order valence-corrected chi connectivity index (χ1v) is 6.58. The maximum atomic E-state index is 4.39. The zero-order valence-corrected chi connectivity index (χ0v) is 11.2. The summed E-state index contributed by atoms with van der Waals surface area (Å²) in [5.74, 6) is 0. The van der Waals surface area contributed by atoms with Gasteiger partial charge in [0.05, 0.1) is 5.69 Å². The molecule has 0 amide bonds. The molecule has 2 heterocycles. The zero-order valence-electron chi connectivity index (χ0n) is 9.57. The Morgan fingerprint density at radius 2 is 2.06 bits per heavy atom. The molecule has 0 saturated carbocycles. The third kappa shape index (κ3) is 2.13. The predicted molar refractivity (Wildman–Crippen MR) is 72.6 cm³/mol. The lowest BCUT2D eigenvalue weighted by molar-refractivity contribution is 0.893. The summed E-state index contributed by atoms with van der Waals surface area (Å²) in [4.78, 5) is 4.62. The number of hydrogen-bond acceptors (Lipinski definition) is 3. The van der Waals surface area contributed by atoms with Gasteiger partial charge in [0.15, 0.2) is 5.65 Å². The number of alkyl halides is 1. The molecular formula is C13H11BrN4. The van der Waals surface area contributed by atoms with Gasteiger partial charge in [0.2, 0.25) is 0 Å². The van der Waals surface area contributed by atoms with Crippen LogP contribution in [0, 0.1) is 0 Å². The van der Waals surface area contributed by atoms with Gasteiger partial charge in [0, 0.05) is 23.6 Å². The Hall–Kier alpha value is -1.75. The highest BCUT2D eigenvalue weighted by molar-refractivity contribution is 9.09. The normalized spacial score (nSPS) is 12.7. The van der Waals surface area contributed by atoms with Crippen LogP contribution >= 0.6 is 15.9 Å². The van der Waals surface area contributed by atoms with Gasteiger partial charge in [-0.25, -0.2) is 0 Å². The van der Waals surface area contributed by atoms with Gasteiger partial charge in [-0.05, 0) is 5.56 Å². The SMILES string of the molecule is BrC(Cc1nccn2cnnc12)c1ccccc1. The van der Waals surface area contributed by atoms with E-state index in [2.05, 4.69) is 43.2 Å². The standard InChI is InChI=1S/C13H11BrN4/c14-11(10-4-2-1-3-5-10)8-12-13-17-16-9-18(13)7-6-15-12/h1-7,9,11H,8H2. The van der Waals surface area contributed by atoms with Gasteiger partial charge in [0.25, 0.3) is 0 Å². The second-order valence-corrected chi connectivity index (χ2v) is 5.12. The Bertz CT molecular complexity index is 650. The molecule has 1 atom stereocenters. The molecule has 2 aromatic heterocycles. The molecule has 0 aliphatic heterocycles. The average Bonchev–Trinajstić information content (AvgIpc) is 2.89. The Kier molecular flexibility index (Phi) is 3.06. The molecule has 3 rings (SSSR count). The first-order chi connectivity index (χ1) is 8.84. The van der Waals surface area contributed by atoms with Crippen molar-refractivity contribution in [2.75, 3.05) is 0 Å². The molecule has 3 aromatic rings. The smallest absolute Gasteiger partial charge is 0.182 e. The van der Waals surface area contributed by atoms with E-state index in [0.29, 0.717) is 0 Å². The number of halogens is 1. The second-order valence-electron chi connectivity index (χ2n) is 4.02. The van der Waals surface area contributed by atoms with Gasteiger partial charge in [-0.3, -0.25) is 9.38 Å². The van der Waals surface area contributed by atoms with Crippen LogP contribution in [0.15, 0.2) is 49.1 Å². The van der Waals surface area contributed by atoms with Crippen molar-refractivity contribution < 1.29 is 0 Å². The highest BCUT2D eigenvalue weighted by atomic mass is 79.9. The van der Waals surface area contributed by atoms with Crippen molar-refractivity contribution in [2.45, 2.75) is 11.2 Å². The molecule has 0 saturated heterocycles. The summed E-state index contributed by atoms with van der Waals surface area (Å²) in [7, 11) is 0. The monoisotopic (exact) mass is 302 g/mol. The van der Waals surface area contributed by atoms with Crippen LogP contribution in [0.2, 0.25) is 0 Å². The first-order valence-electron chi connectivity index (χ1n) is 5.67. The van der Waals surface area contributed by atoms with Gasteiger partial charge in [-0.2, -0.15) is 0 Å². The van der Waals surface area contributed by atoms with E-state index in [4.69, 9.17) is 0 Å². The van der Waals surface area contributed by atoms with Crippen LogP contribution in [0.3, 0.4) is 0 Å². The Labute approximate surface area is 113 Å². The Balaban J connectivity index is 1.91. The second kappa shape index (κ2) is 4.86. The molecule has 0 radical (unpaired) electrons. The fourth-order valence-corrected chi connectivity index (χ4v) is 2.52. The minimum absolute atomic E-state index is 0.231. The van der Waals surface area contributed by atoms with Gasteiger partial charge in [-0.1, -0.05) is 46.3 Å². The summed E-state index contributed by atoms with van der Waals surface area (Å²) in [5, 5.41) is 7.99. The lowest BCUT2D eigenvalue weighted by atomic mass is 10.1. The molecule has 18 heavy (non-hydrogen) atoms. The van der Waals surface area contributed by atoms with Crippen LogP contribution in [0.4, 0.5) is 0 Å². The number of aromatic nitrogens is 4. The van der Waals surface area contributed by atoms with Crippen molar-refractivity contribution in [3.8, 4) is 0 Å². The summed E-state index contributed by atoms with van der Waals surface area (Å²) in [6.07, 6.45) is 6.10. The summed E-state index contributed by atoms with van der Waals surface area (Å²) < 4.78 is 1.88. The van der Waals surface area contributed by atoms with Gasteiger partial charge in [0.1, 0.15) is 6.33 Å². The van der Waals surface area contributed by atoms with Crippen molar-refractivity contribution in [3.63, 3.8) is 0 Å². The molecule has 0 N–H and O–H groups in total.